The van der Waals surface area contributed by atoms with Gasteiger partial charge in [-0.25, -0.2) is 0 Å². The molecule has 122 valence electrons. The zero-order valence-electron chi connectivity index (χ0n) is 13.1. The number of amides is 1. The molecule has 1 aromatic heterocycles. The van der Waals surface area contributed by atoms with Gasteiger partial charge in [-0.3, -0.25) is 9.59 Å². The lowest BCUT2D eigenvalue weighted by molar-refractivity contribution is -0.116. The van der Waals surface area contributed by atoms with Crippen LogP contribution in [-0.2, 0) is 11.3 Å². The summed E-state index contributed by atoms with van der Waals surface area (Å²) in [7, 11) is 2.00. The number of carbonyl (C=O) groups is 2. The lowest BCUT2D eigenvalue weighted by Gasteiger charge is -2.15. The molecule has 0 saturated heterocycles. The number of rotatable bonds is 7. The molecule has 0 bridgehead atoms. The van der Waals surface area contributed by atoms with Crippen molar-refractivity contribution in [2.45, 2.75) is 19.9 Å². The van der Waals surface area contributed by atoms with Crippen LogP contribution in [0.3, 0.4) is 0 Å². The van der Waals surface area contributed by atoms with Gasteiger partial charge in [0.15, 0.2) is 5.78 Å². The van der Waals surface area contributed by atoms with E-state index in [1.165, 1.54) is 12.5 Å². The van der Waals surface area contributed by atoms with E-state index >= 15 is 0 Å². The van der Waals surface area contributed by atoms with Gasteiger partial charge in [0, 0.05) is 30.8 Å². The predicted octanol–water partition coefficient (Wildman–Crippen LogP) is 4.17. The first-order valence-electron chi connectivity index (χ1n) is 7.26. The van der Waals surface area contributed by atoms with Gasteiger partial charge < -0.3 is 10.2 Å². The number of nitrogens with one attached hydrogen (secondary N) is 1. The van der Waals surface area contributed by atoms with Gasteiger partial charge >= 0.3 is 0 Å². The maximum absolute atomic E-state index is 12.0. The first-order chi connectivity index (χ1) is 10.9. The number of nitrogens with zero attached hydrogens (tertiary/aromatic N) is 1. The molecule has 1 heterocycles. The summed E-state index contributed by atoms with van der Waals surface area (Å²) in [6.45, 7) is 3.03. The Hall–Kier alpha value is -1.50. The van der Waals surface area contributed by atoms with Gasteiger partial charge in [-0.1, -0.05) is 0 Å². The molecule has 2 aromatic rings. The standard InChI is InChI=1S/C17H19BrN2O2S/c1-12(21)14-3-5-15(6-4-14)19-17(22)7-8-20(2)10-13-9-16(18)23-11-13/h3-6,9,11H,7-8,10H2,1-2H3,(H,19,22). The molecule has 0 fully saturated rings. The third-order valence-electron chi connectivity index (χ3n) is 3.37. The van der Waals surface area contributed by atoms with Crippen LogP contribution in [0, 0.1) is 0 Å². The summed E-state index contributed by atoms with van der Waals surface area (Å²) in [5.41, 5.74) is 2.60. The third-order valence-corrected chi connectivity index (χ3v) is 4.92. The van der Waals surface area contributed by atoms with E-state index in [4.69, 9.17) is 0 Å². The monoisotopic (exact) mass is 394 g/mol. The number of hydrogen-bond acceptors (Lipinski definition) is 4. The smallest absolute Gasteiger partial charge is 0.225 e. The molecule has 1 aromatic carbocycles. The van der Waals surface area contributed by atoms with Crippen LogP contribution in [-0.4, -0.2) is 30.2 Å². The normalized spacial score (nSPS) is 10.8. The van der Waals surface area contributed by atoms with Crippen molar-refractivity contribution >= 4 is 44.6 Å². The van der Waals surface area contributed by atoms with E-state index in [1.54, 1.807) is 35.6 Å². The number of ketones is 1. The van der Waals surface area contributed by atoms with Crippen LogP contribution in [0.15, 0.2) is 39.5 Å². The molecule has 23 heavy (non-hydrogen) atoms. The van der Waals surface area contributed by atoms with Gasteiger partial charge in [-0.05, 0) is 71.2 Å². The topological polar surface area (TPSA) is 49.4 Å². The van der Waals surface area contributed by atoms with Crippen molar-refractivity contribution in [1.29, 1.82) is 0 Å². The van der Waals surface area contributed by atoms with Crippen molar-refractivity contribution in [1.82, 2.24) is 4.90 Å². The number of benzene rings is 1. The van der Waals surface area contributed by atoms with Crippen LogP contribution in [0.4, 0.5) is 5.69 Å². The second-order valence-electron chi connectivity index (χ2n) is 5.43. The average molecular weight is 395 g/mol. The quantitative estimate of drug-likeness (QED) is 0.716. The molecule has 0 aliphatic carbocycles. The van der Waals surface area contributed by atoms with Gasteiger partial charge in [0.25, 0.3) is 0 Å². The van der Waals surface area contributed by atoms with Gasteiger partial charge in [0.05, 0.1) is 3.79 Å². The zero-order valence-corrected chi connectivity index (χ0v) is 15.5. The summed E-state index contributed by atoms with van der Waals surface area (Å²) in [4.78, 5) is 25.3. The number of anilines is 1. The summed E-state index contributed by atoms with van der Waals surface area (Å²) < 4.78 is 1.12. The number of thiophene rings is 1. The van der Waals surface area contributed by atoms with Gasteiger partial charge in [-0.2, -0.15) is 0 Å². The van der Waals surface area contributed by atoms with E-state index in [0.29, 0.717) is 24.2 Å². The zero-order chi connectivity index (χ0) is 16.8. The highest BCUT2D eigenvalue weighted by Gasteiger charge is 2.07. The van der Waals surface area contributed by atoms with Crippen LogP contribution >= 0.6 is 27.3 Å². The second-order valence-corrected chi connectivity index (χ2v) is 7.72. The molecular weight excluding hydrogens is 376 g/mol. The molecule has 6 heteroatoms. The Morgan fingerprint density at radius 3 is 2.52 bits per heavy atom. The third kappa shape index (κ3) is 5.89. The Balaban J connectivity index is 1.77. The predicted molar refractivity (Wildman–Crippen MR) is 98.0 cm³/mol. The van der Waals surface area contributed by atoms with Gasteiger partial charge in [0.1, 0.15) is 0 Å². The van der Waals surface area contributed by atoms with Crippen molar-refractivity contribution < 1.29 is 9.59 Å². The van der Waals surface area contributed by atoms with E-state index in [-0.39, 0.29) is 11.7 Å². The minimum absolute atomic E-state index is 0.0181. The highest BCUT2D eigenvalue weighted by atomic mass is 79.9. The Kier molecular flexibility index (Phi) is 6.50. The maximum atomic E-state index is 12.0. The van der Waals surface area contributed by atoms with Crippen molar-refractivity contribution in [2.75, 3.05) is 18.9 Å². The van der Waals surface area contributed by atoms with E-state index in [2.05, 4.69) is 37.6 Å². The molecule has 1 N–H and O–H groups in total. The fourth-order valence-corrected chi connectivity index (χ4v) is 3.32. The van der Waals surface area contributed by atoms with Crippen molar-refractivity contribution in [3.63, 3.8) is 0 Å². The molecule has 0 unspecified atom stereocenters. The lowest BCUT2D eigenvalue weighted by atomic mass is 10.1. The SMILES string of the molecule is CC(=O)c1ccc(NC(=O)CCN(C)Cc2csc(Br)c2)cc1. The summed E-state index contributed by atoms with van der Waals surface area (Å²) in [6, 6.07) is 9.04. The summed E-state index contributed by atoms with van der Waals surface area (Å²) >= 11 is 5.11. The molecule has 0 saturated carbocycles. The van der Waals surface area contributed by atoms with E-state index < -0.39 is 0 Å². The van der Waals surface area contributed by atoms with Crippen molar-refractivity contribution in [2.24, 2.45) is 0 Å². The largest absolute Gasteiger partial charge is 0.326 e. The number of carbonyl (C=O) groups excluding carboxylic acids is 2. The minimum atomic E-state index is -0.0288. The van der Waals surface area contributed by atoms with E-state index in [0.717, 1.165) is 10.3 Å². The van der Waals surface area contributed by atoms with Crippen LogP contribution in [0.2, 0.25) is 0 Å². The molecule has 0 spiro atoms. The highest BCUT2D eigenvalue weighted by molar-refractivity contribution is 9.11. The Labute approximate surface area is 148 Å². The second kappa shape index (κ2) is 8.38. The summed E-state index contributed by atoms with van der Waals surface area (Å²) in [5, 5.41) is 4.96. The van der Waals surface area contributed by atoms with Crippen LogP contribution in [0.25, 0.3) is 0 Å². The van der Waals surface area contributed by atoms with Crippen LogP contribution in [0.1, 0.15) is 29.3 Å². The molecule has 0 radical (unpaired) electrons. The van der Waals surface area contributed by atoms with E-state index in [9.17, 15) is 9.59 Å². The summed E-state index contributed by atoms with van der Waals surface area (Å²) in [6.07, 6.45) is 0.427. The lowest BCUT2D eigenvalue weighted by Crippen LogP contribution is -2.23. The highest BCUT2D eigenvalue weighted by Crippen LogP contribution is 2.21. The summed E-state index contributed by atoms with van der Waals surface area (Å²) in [5.74, 6) is -0.0107. The molecule has 1 amide bonds. The number of Topliss-reactive ketones (excluding diaryl/α,β-unsaturated/α-hetero) is 1. The maximum Gasteiger partial charge on any atom is 0.225 e. The molecule has 0 aliphatic heterocycles. The van der Waals surface area contributed by atoms with Crippen LogP contribution in [0.5, 0.6) is 0 Å². The van der Waals surface area contributed by atoms with Crippen molar-refractivity contribution in [3.8, 4) is 0 Å². The molecule has 4 nitrogen and oxygen atoms in total. The van der Waals surface area contributed by atoms with Crippen LogP contribution < -0.4 is 5.32 Å². The average Bonchev–Trinajstić information content (AvgIpc) is 2.91. The molecule has 0 aliphatic rings. The molecular formula is C17H19BrN2O2S. The minimum Gasteiger partial charge on any atom is -0.326 e. The first kappa shape index (κ1) is 17.8. The van der Waals surface area contributed by atoms with E-state index in [1.807, 2.05) is 7.05 Å². The first-order valence-corrected chi connectivity index (χ1v) is 8.93. The van der Waals surface area contributed by atoms with Gasteiger partial charge in [-0.15, -0.1) is 11.3 Å². The Morgan fingerprint density at radius 1 is 1.26 bits per heavy atom. The van der Waals surface area contributed by atoms with Crippen molar-refractivity contribution in [3.05, 3.63) is 50.6 Å². The Bertz CT molecular complexity index is 682. The fraction of sp³-hybridized carbons (Fsp3) is 0.294. The Morgan fingerprint density at radius 2 is 1.96 bits per heavy atom. The molecule has 0 atom stereocenters. The number of hydrogen-bond donors (Lipinski definition) is 1. The van der Waals surface area contributed by atoms with Gasteiger partial charge in [0.2, 0.25) is 5.91 Å². The number of halogens is 1. The molecule has 2 rings (SSSR count). The fourth-order valence-electron chi connectivity index (χ4n) is 2.12.